The maximum Gasteiger partial charge on any atom is 0.269 e. The van der Waals surface area contributed by atoms with E-state index in [9.17, 15) is 4.79 Å². The zero-order chi connectivity index (χ0) is 16.5. The Morgan fingerprint density at radius 2 is 2.29 bits per heavy atom. The van der Waals surface area contributed by atoms with Gasteiger partial charge in [0.25, 0.3) is 5.91 Å². The maximum atomic E-state index is 12.5. The van der Waals surface area contributed by atoms with E-state index in [0.717, 1.165) is 44.6 Å². The molecule has 0 bridgehead atoms. The van der Waals surface area contributed by atoms with Crippen LogP contribution in [-0.4, -0.2) is 44.8 Å². The smallest absolute Gasteiger partial charge is 0.269 e. The Labute approximate surface area is 141 Å². The van der Waals surface area contributed by atoms with Gasteiger partial charge < -0.3 is 10.2 Å². The maximum absolute atomic E-state index is 12.5. The zero-order valence-electron chi connectivity index (χ0n) is 13.9. The Balaban J connectivity index is 1.44. The van der Waals surface area contributed by atoms with Gasteiger partial charge in [0.1, 0.15) is 17.8 Å². The summed E-state index contributed by atoms with van der Waals surface area (Å²) < 4.78 is 1.72. The van der Waals surface area contributed by atoms with Crippen LogP contribution in [0, 0.1) is 0 Å². The van der Waals surface area contributed by atoms with Gasteiger partial charge in [0, 0.05) is 43.1 Å². The van der Waals surface area contributed by atoms with E-state index in [-0.39, 0.29) is 11.9 Å². The average Bonchev–Trinajstić information content (AvgIpc) is 3.33. The van der Waals surface area contributed by atoms with Crippen molar-refractivity contribution >= 4 is 11.7 Å². The van der Waals surface area contributed by atoms with Crippen molar-refractivity contribution in [2.75, 3.05) is 18.0 Å². The van der Waals surface area contributed by atoms with Gasteiger partial charge in [-0.3, -0.25) is 9.48 Å². The van der Waals surface area contributed by atoms with Crippen molar-refractivity contribution in [3.63, 3.8) is 0 Å². The van der Waals surface area contributed by atoms with Crippen molar-refractivity contribution in [3.8, 4) is 0 Å². The van der Waals surface area contributed by atoms with Crippen LogP contribution in [0.3, 0.4) is 0 Å². The molecular weight excluding hydrogens is 304 g/mol. The fourth-order valence-electron chi connectivity index (χ4n) is 3.72. The quantitative estimate of drug-likeness (QED) is 0.913. The lowest BCUT2D eigenvalue weighted by Gasteiger charge is -2.20. The molecule has 1 saturated heterocycles. The molecule has 1 atom stereocenters. The van der Waals surface area contributed by atoms with E-state index in [1.54, 1.807) is 23.3 Å². The number of aryl methyl sites for hydroxylation is 2. The Bertz CT molecular complexity index is 755. The van der Waals surface area contributed by atoms with E-state index in [1.807, 2.05) is 6.92 Å². The molecule has 0 aromatic carbocycles. The van der Waals surface area contributed by atoms with E-state index < -0.39 is 0 Å². The van der Waals surface area contributed by atoms with Crippen LogP contribution in [0.5, 0.6) is 0 Å². The molecule has 0 spiro atoms. The van der Waals surface area contributed by atoms with Crippen LogP contribution in [0.4, 0.5) is 5.82 Å². The fourth-order valence-corrected chi connectivity index (χ4v) is 3.72. The minimum absolute atomic E-state index is 0.0471. The van der Waals surface area contributed by atoms with Crippen molar-refractivity contribution in [3.05, 3.63) is 35.5 Å². The molecule has 24 heavy (non-hydrogen) atoms. The molecule has 1 aliphatic heterocycles. The number of nitrogens with zero attached hydrogens (tertiary/aromatic N) is 5. The summed E-state index contributed by atoms with van der Waals surface area (Å²) in [7, 11) is 0. The molecule has 126 valence electrons. The number of anilines is 1. The first-order valence-corrected chi connectivity index (χ1v) is 8.66. The number of amides is 1. The highest BCUT2D eigenvalue weighted by atomic mass is 16.2. The van der Waals surface area contributed by atoms with E-state index in [1.165, 1.54) is 11.3 Å². The van der Waals surface area contributed by atoms with E-state index in [2.05, 4.69) is 25.3 Å². The number of hydrogen-bond acceptors (Lipinski definition) is 5. The topological polar surface area (TPSA) is 75.9 Å². The summed E-state index contributed by atoms with van der Waals surface area (Å²) in [4.78, 5) is 23.6. The third-order valence-electron chi connectivity index (χ3n) is 4.92. The summed E-state index contributed by atoms with van der Waals surface area (Å²) in [5, 5.41) is 7.30. The van der Waals surface area contributed by atoms with Crippen LogP contribution in [0.1, 0.15) is 41.5 Å². The fraction of sp³-hybridized carbons (Fsp3) is 0.529. The molecule has 0 radical (unpaired) electrons. The van der Waals surface area contributed by atoms with Gasteiger partial charge in [0.2, 0.25) is 0 Å². The molecule has 0 saturated carbocycles. The molecule has 1 aliphatic carbocycles. The molecule has 1 N–H and O–H groups in total. The van der Waals surface area contributed by atoms with Gasteiger partial charge in [-0.2, -0.15) is 5.10 Å². The molecule has 2 aliphatic rings. The number of carbonyl (C=O) groups excluding carboxylic acids is 1. The van der Waals surface area contributed by atoms with Crippen molar-refractivity contribution in [1.82, 2.24) is 25.1 Å². The van der Waals surface area contributed by atoms with Crippen LogP contribution in [0.2, 0.25) is 0 Å². The second-order valence-corrected chi connectivity index (χ2v) is 6.41. The molecule has 2 aromatic heterocycles. The van der Waals surface area contributed by atoms with Gasteiger partial charge in [-0.1, -0.05) is 0 Å². The lowest BCUT2D eigenvalue weighted by atomic mass is 10.2. The highest BCUT2D eigenvalue weighted by molar-refractivity contribution is 5.92. The number of hydrogen-bond donors (Lipinski definition) is 1. The van der Waals surface area contributed by atoms with Crippen LogP contribution in [0.25, 0.3) is 0 Å². The zero-order valence-corrected chi connectivity index (χ0v) is 13.9. The standard InChI is InChI=1S/C17H22N6O/c1-2-23-15(6-8-20-23)17(24)21-12-7-9-22(10-12)16-13-4-3-5-14(13)18-11-19-16/h6,8,11-12H,2-5,7,9-10H2,1H3,(H,21,24)/t12-/m1/s1. The molecule has 7 nitrogen and oxygen atoms in total. The number of aromatic nitrogens is 4. The van der Waals surface area contributed by atoms with Crippen molar-refractivity contribution in [2.45, 2.75) is 45.2 Å². The lowest BCUT2D eigenvalue weighted by Crippen LogP contribution is -2.38. The number of nitrogens with one attached hydrogen (secondary N) is 1. The monoisotopic (exact) mass is 326 g/mol. The molecule has 2 aromatic rings. The summed E-state index contributed by atoms with van der Waals surface area (Å²) in [5.41, 5.74) is 3.12. The van der Waals surface area contributed by atoms with Crippen LogP contribution in [0.15, 0.2) is 18.6 Å². The van der Waals surface area contributed by atoms with Gasteiger partial charge in [-0.15, -0.1) is 0 Å². The minimum atomic E-state index is -0.0471. The summed E-state index contributed by atoms with van der Waals surface area (Å²) in [5.74, 6) is 1.02. The van der Waals surface area contributed by atoms with Gasteiger partial charge in [-0.05, 0) is 38.7 Å². The molecule has 4 rings (SSSR count). The molecule has 3 heterocycles. The van der Waals surface area contributed by atoms with E-state index in [0.29, 0.717) is 12.2 Å². The van der Waals surface area contributed by atoms with Crippen molar-refractivity contribution in [2.24, 2.45) is 0 Å². The number of carbonyl (C=O) groups is 1. The SMILES string of the molecule is CCn1nccc1C(=O)N[C@@H]1CCN(c2ncnc3c2CCC3)C1. The first-order valence-electron chi connectivity index (χ1n) is 8.66. The van der Waals surface area contributed by atoms with Crippen LogP contribution in [-0.2, 0) is 19.4 Å². The largest absolute Gasteiger partial charge is 0.354 e. The van der Waals surface area contributed by atoms with Gasteiger partial charge in [-0.25, -0.2) is 9.97 Å². The van der Waals surface area contributed by atoms with Gasteiger partial charge in [0.05, 0.1) is 0 Å². The predicted octanol–water partition coefficient (Wildman–Crippen LogP) is 1.19. The van der Waals surface area contributed by atoms with Gasteiger partial charge in [0.15, 0.2) is 0 Å². The van der Waals surface area contributed by atoms with Gasteiger partial charge >= 0.3 is 0 Å². The summed E-state index contributed by atoms with van der Waals surface area (Å²) in [6, 6.07) is 1.91. The Hall–Kier alpha value is -2.44. The summed E-state index contributed by atoms with van der Waals surface area (Å²) >= 11 is 0. The minimum Gasteiger partial charge on any atom is -0.354 e. The Kier molecular flexibility index (Phi) is 3.92. The highest BCUT2D eigenvalue weighted by Crippen LogP contribution is 2.29. The van der Waals surface area contributed by atoms with E-state index in [4.69, 9.17) is 0 Å². The number of fused-ring (bicyclic) bond motifs is 1. The van der Waals surface area contributed by atoms with Crippen LogP contribution >= 0.6 is 0 Å². The van der Waals surface area contributed by atoms with Crippen molar-refractivity contribution in [1.29, 1.82) is 0 Å². The molecule has 1 amide bonds. The van der Waals surface area contributed by atoms with Crippen molar-refractivity contribution < 1.29 is 4.79 Å². The lowest BCUT2D eigenvalue weighted by molar-refractivity contribution is 0.0929. The normalized spacial score (nSPS) is 19.5. The Morgan fingerprint density at radius 3 is 3.17 bits per heavy atom. The van der Waals surface area contributed by atoms with Crippen LogP contribution < -0.4 is 10.2 Å². The summed E-state index contributed by atoms with van der Waals surface area (Å²) in [6.45, 7) is 4.40. The third kappa shape index (κ3) is 2.64. The molecular formula is C17H22N6O. The molecule has 0 unspecified atom stereocenters. The second kappa shape index (κ2) is 6.22. The van der Waals surface area contributed by atoms with E-state index >= 15 is 0 Å². The highest BCUT2D eigenvalue weighted by Gasteiger charge is 2.29. The summed E-state index contributed by atoms with van der Waals surface area (Å²) in [6.07, 6.45) is 7.56. The molecule has 1 fully saturated rings. The predicted molar refractivity (Wildman–Crippen MR) is 90.0 cm³/mol. The first kappa shape index (κ1) is 15.1. The average molecular weight is 326 g/mol. The first-order chi connectivity index (χ1) is 11.8. The number of rotatable bonds is 4. The molecule has 7 heteroatoms. The Morgan fingerprint density at radius 1 is 1.38 bits per heavy atom. The second-order valence-electron chi connectivity index (χ2n) is 6.41. The third-order valence-corrected chi connectivity index (χ3v) is 4.92.